The second-order valence-electron chi connectivity index (χ2n) is 7.88. The number of fused-ring (bicyclic) bond motifs is 1. The van der Waals surface area contributed by atoms with Crippen LogP contribution in [0.25, 0.3) is 0 Å². The van der Waals surface area contributed by atoms with Crippen LogP contribution in [0.15, 0.2) is 78.9 Å². The Kier molecular flexibility index (Phi) is 6.64. The molecule has 0 aliphatic carbocycles. The molecule has 0 spiro atoms. The molecule has 4 rings (SSSR count). The van der Waals surface area contributed by atoms with E-state index in [9.17, 15) is 4.79 Å². The zero-order valence-corrected chi connectivity index (χ0v) is 18.7. The molecule has 1 aliphatic heterocycles. The lowest BCUT2D eigenvalue weighted by Crippen LogP contribution is -2.57. The molecular weight excluding hydrogens is 400 g/mol. The maximum Gasteiger partial charge on any atom is 0.258 e. The van der Waals surface area contributed by atoms with E-state index in [1.165, 1.54) is 0 Å². The fraction of sp³-hybridized carbons (Fsp3) is 0.296. The van der Waals surface area contributed by atoms with Crippen LogP contribution < -0.4 is 14.8 Å². The Morgan fingerprint density at radius 2 is 1.44 bits per heavy atom. The third-order valence-electron chi connectivity index (χ3n) is 5.86. The molecule has 5 nitrogen and oxygen atoms in total. The number of amides is 1. The van der Waals surface area contributed by atoms with Crippen LogP contribution in [0.5, 0.6) is 11.5 Å². The molecule has 5 heteroatoms. The largest absolute Gasteiger partial charge is 0.490 e. The Morgan fingerprint density at radius 1 is 0.812 bits per heavy atom. The van der Waals surface area contributed by atoms with Crippen molar-refractivity contribution in [2.24, 2.45) is 0 Å². The third-order valence-corrected chi connectivity index (χ3v) is 5.86. The van der Waals surface area contributed by atoms with E-state index >= 15 is 0 Å². The van der Waals surface area contributed by atoms with Gasteiger partial charge in [0, 0.05) is 12.2 Å². The summed E-state index contributed by atoms with van der Waals surface area (Å²) in [6, 6.07) is 25.5. The zero-order chi connectivity index (χ0) is 22.4. The number of nitrogens with zero attached hydrogens (tertiary/aromatic N) is 1. The monoisotopic (exact) mass is 430 g/mol. The van der Waals surface area contributed by atoms with E-state index in [4.69, 9.17) is 9.47 Å². The molecule has 0 bridgehead atoms. The number of carbonyl (C=O) groups excluding carboxylic acids is 1. The van der Waals surface area contributed by atoms with E-state index < -0.39 is 5.66 Å². The molecule has 1 unspecified atom stereocenters. The van der Waals surface area contributed by atoms with Gasteiger partial charge in [-0.05, 0) is 54.8 Å². The number of hydrogen-bond acceptors (Lipinski definition) is 4. The highest BCUT2D eigenvalue weighted by Crippen LogP contribution is 2.40. The van der Waals surface area contributed by atoms with E-state index in [2.05, 4.69) is 19.2 Å². The summed E-state index contributed by atoms with van der Waals surface area (Å²) >= 11 is 0. The van der Waals surface area contributed by atoms with Crippen LogP contribution in [0.2, 0.25) is 0 Å². The quantitative estimate of drug-likeness (QED) is 0.444. The predicted octanol–water partition coefficient (Wildman–Crippen LogP) is 5.69. The molecule has 0 aromatic heterocycles. The normalized spacial score (nSPS) is 17.4. The fourth-order valence-electron chi connectivity index (χ4n) is 4.28. The van der Waals surface area contributed by atoms with Crippen molar-refractivity contribution in [3.63, 3.8) is 0 Å². The summed E-state index contributed by atoms with van der Waals surface area (Å²) in [5, 5.41) is 3.68. The second kappa shape index (κ2) is 9.77. The Bertz CT molecular complexity index is 1040. The van der Waals surface area contributed by atoms with Crippen molar-refractivity contribution in [1.29, 1.82) is 0 Å². The lowest BCUT2D eigenvalue weighted by molar-refractivity contribution is 0.0483. The standard InChI is InChI=1S/C27H30N2O3/c1-3-18-29-26(30)24-12-8-9-13-25(24)28-27(29,4-2)21-14-16-23(17-15-21)32-20-19-31-22-10-6-5-7-11-22/h5-17,28H,3-4,18-20H2,1-2H3. The minimum absolute atomic E-state index is 0.0708. The van der Waals surface area contributed by atoms with Gasteiger partial charge in [0.25, 0.3) is 5.91 Å². The van der Waals surface area contributed by atoms with Gasteiger partial charge in [-0.25, -0.2) is 0 Å². The highest BCUT2D eigenvalue weighted by atomic mass is 16.5. The van der Waals surface area contributed by atoms with Crippen LogP contribution >= 0.6 is 0 Å². The van der Waals surface area contributed by atoms with Crippen molar-refractivity contribution in [3.8, 4) is 11.5 Å². The lowest BCUT2D eigenvalue weighted by Gasteiger charge is -2.48. The highest BCUT2D eigenvalue weighted by Gasteiger charge is 2.44. The summed E-state index contributed by atoms with van der Waals surface area (Å²) in [7, 11) is 0. The highest BCUT2D eigenvalue weighted by molar-refractivity contribution is 6.02. The number of benzene rings is 3. The van der Waals surface area contributed by atoms with Crippen molar-refractivity contribution in [2.75, 3.05) is 25.1 Å². The van der Waals surface area contributed by atoms with Gasteiger partial charge >= 0.3 is 0 Å². The van der Waals surface area contributed by atoms with Crippen LogP contribution in [0.3, 0.4) is 0 Å². The Morgan fingerprint density at radius 3 is 2.09 bits per heavy atom. The van der Waals surface area contributed by atoms with Crippen molar-refractivity contribution < 1.29 is 14.3 Å². The van der Waals surface area contributed by atoms with Gasteiger partial charge in [0.15, 0.2) is 0 Å². The molecule has 0 saturated heterocycles. The van der Waals surface area contributed by atoms with E-state index in [-0.39, 0.29) is 5.91 Å². The van der Waals surface area contributed by atoms with E-state index in [0.29, 0.717) is 19.8 Å². The summed E-state index contributed by atoms with van der Waals surface area (Å²) in [5.74, 6) is 1.68. The maximum atomic E-state index is 13.4. The van der Waals surface area contributed by atoms with Gasteiger partial charge in [0.2, 0.25) is 0 Å². The summed E-state index contributed by atoms with van der Waals surface area (Å²) < 4.78 is 11.5. The van der Waals surface area contributed by atoms with Gasteiger partial charge < -0.3 is 19.7 Å². The van der Waals surface area contributed by atoms with Gasteiger partial charge in [0.1, 0.15) is 30.4 Å². The Labute approximate surface area is 190 Å². The van der Waals surface area contributed by atoms with Gasteiger partial charge in [-0.1, -0.05) is 56.3 Å². The molecule has 166 valence electrons. The first-order valence-electron chi connectivity index (χ1n) is 11.3. The molecule has 1 amide bonds. The van der Waals surface area contributed by atoms with Gasteiger partial charge in [-0.2, -0.15) is 0 Å². The molecule has 1 atom stereocenters. The average Bonchev–Trinajstić information content (AvgIpc) is 2.85. The second-order valence-corrected chi connectivity index (χ2v) is 7.88. The maximum absolute atomic E-state index is 13.4. The van der Waals surface area contributed by atoms with Crippen LogP contribution in [0, 0.1) is 0 Å². The molecular formula is C27H30N2O3. The average molecular weight is 431 g/mol. The molecule has 0 saturated carbocycles. The molecule has 1 aliphatic rings. The number of hydrogen-bond donors (Lipinski definition) is 1. The van der Waals surface area contributed by atoms with Gasteiger partial charge in [-0.15, -0.1) is 0 Å². The zero-order valence-electron chi connectivity index (χ0n) is 18.7. The first kappa shape index (κ1) is 21.8. The summed E-state index contributed by atoms with van der Waals surface area (Å²) in [6.45, 7) is 5.83. The van der Waals surface area contributed by atoms with Crippen LogP contribution in [-0.2, 0) is 5.66 Å². The molecule has 32 heavy (non-hydrogen) atoms. The predicted molar refractivity (Wildman–Crippen MR) is 127 cm³/mol. The Hall–Kier alpha value is -3.47. The molecule has 0 radical (unpaired) electrons. The van der Waals surface area contributed by atoms with Crippen LogP contribution in [-0.4, -0.2) is 30.6 Å². The number of rotatable bonds is 9. The van der Waals surface area contributed by atoms with E-state index in [0.717, 1.165) is 41.2 Å². The number of anilines is 1. The number of ether oxygens (including phenoxy) is 2. The topological polar surface area (TPSA) is 50.8 Å². The minimum atomic E-state index is -0.587. The summed E-state index contributed by atoms with van der Waals surface area (Å²) in [5.41, 5.74) is 2.06. The number of para-hydroxylation sites is 2. The van der Waals surface area contributed by atoms with Crippen molar-refractivity contribution in [3.05, 3.63) is 90.0 Å². The van der Waals surface area contributed by atoms with E-state index in [1.807, 2.05) is 83.8 Å². The van der Waals surface area contributed by atoms with Crippen molar-refractivity contribution in [2.45, 2.75) is 32.4 Å². The lowest BCUT2D eigenvalue weighted by atomic mass is 9.89. The molecule has 3 aromatic carbocycles. The summed E-state index contributed by atoms with van der Waals surface area (Å²) in [4.78, 5) is 15.3. The van der Waals surface area contributed by atoms with Gasteiger partial charge in [-0.3, -0.25) is 4.79 Å². The first-order chi connectivity index (χ1) is 15.7. The SMILES string of the molecule is CCCN1C(=O)c2ccccc2NC1(CC)c1ccc(OCCOc2ccccc2)cc1. The molecule has 1 N–H and O–H groups in total. The third kappa shape index (κ3) is 4.28. The van der Waals surface area contributed by atoms with Crippen molar-refractivity contribution in [1.82, 2.24) is 4.90 Å². The smallest absolute Gasteiger partial charge is 0.258 e. The number of carbonyl (C=O) groups is 1. The molecule has 0 fully saturated rings. The molecule has 1 heterocycles. The van der Waals surface area contributed by atoms with Crippen LogP contribution in [0.1, 0.15) is 42.6 Å². The minimum Gasteiger partial charge on any atom is -0.490 e. The summed E-state index contributed by atoms with van der Waals surface area (Å²) in [6.07, 6.45) is 1.64. The molecule has 3 aromatic rings. The van der Waals surface area contributed by atoms with Gasteiger partial charge in [0.05, 0.1) is 5.56 Å². The first-order valence-corrected chi connectivity index (χ1v) is 11.3. The number of nitrogens with one attached hydrogen (secondary N) is 1. The van der Waals surface area contributed by atoms with Crippen molar-refractivity contribution >= 4 is 11.6 Å². The fourth-order valence-corrected chi connectivity index (χ4v) is 4.28. The van der Waals surface area contributed by atoms with Crippen LogP contribution in [0.4, 0.5) is 5.69 Å². The Balaban J connectivity index is 1.50. The van der Waals surface area contributed by atoms with E-state index in [1.54, 1.807) is 0 Å².